The van der Waals surface area contributed by atoms with Crippen LogP contribution in [-0.4, -0.2) is 4.98 Å². The van der Waals surface area contributed by atoms with Crippen LogP contribution < -0.4 is 4.90 Å². The number of hydrogen-bond acceptors (Lipinski definition) is 4. The topological polar surface area (TPSA) is 42.4 Å². The molecule has 8 aromatic carbocycles. The molecular formula is C45H28N2O2. The molecule has 0 aliphatic rings. The van der Waals surface area contributed by atoms with Crippen molar-refractivity contribution in [1.82, 2.24) is 4.98 Å². The Bertz CT molecular complexity index is 2800. The molecule has 0 saturated carbocycles. The molecule has 0 bridgehead atoms. The Morgan fingerprint density at radius 3 is 1.90 bits per heavy atom. The van der Waals surface area contributed by atoms with Gasteiger partial charge in [0.25, 0.3) is 0 Å². The normalized spacial score (nSPS) is 11.7. The second-order valence-electron chi connectivity index (χ2n) is 12.3. The van der Waals surface area contributed by atoms with Gasteiger partial charge in [0.2, 0.25) is 5.89 Å². The van der Waals surface area contributed by atoms with Crippen LogP contribution in [0.1, 0.15) is 0 Å². The summed E-state index contributed by atoms with van der Waals surface area (Å²) in [4.78, 5) is 7.16. The van der Waals surface area contributed by atoms with Gasteiger partial charge in [-0.05, 0) is 75.8 Å². The van der Waals surface area contributed by atoms with Crippen molar-refractivity contribution in [2.45, 2.75) is 0 Å². The fourth-order valence-electron chi connectivity index (χ4n) is 7.25. The van der Waals surface area contributed by atoms with Crippen LogP contribution in [0.5, 0.6) is 0 Å². The Kier molecular flexibility index (Phi) is 6.15. The third-order valence-corrected chi connectivity index (χ3v) is 9.50. The Balaban J connectivity index is 1.19. The molecule has 4 nitrogen and oxygen atoms in total. The fraction of sp³-hybridized carbons (Fsp3) is 0. The van der Waals surface area contributed by atoms with Gasteiger partial charge in [0.05, 0.1) is 11.4 Å². The smallest absolute Gasteiger partial charge is 0.228 e. The van der Waals surface area contributed by atoms with Gasteiger partial charge in [0, 0.05) is 27.4 Å². The molecule has 0 saturated heterocycles. The highest BCUT2D eigenvalue weighted by atomic mass is 16.3. The number of furan rings is 1. The van der Waals surface area contributed by atoms with Crippen LogP contribution in [0.25, 0.3) is 77.2 Å². The van der Waals surface area contributed by atoms with Crippen LogP contribution in [0.2, 0.25) is 0 Å². The van der Waals surface area contributed by atoms with E-state index in [1.165, 1.54) is 27.3 Å². The molecule has 0 spiro atoms. The van der Waals surface area contributed by atoms with E-state index in [0.717, 1.165) is 61.1 Å². The molecule has 4 heteroatoms. The average Bonchev–Trinajstić information content (AvgIpc) is 3.78. The van der Waals surface area contributed by atoms with Crippen molar-refractivity contribution >= 4 is 71.6 Å². The van der Waals surface area contributed by atoms with Crippen molar-refractivity contribution < 1.29 is 8.83 Å². The maximum atomic E-state index is 6.79. The standard InChI is InChI=1S/C45H28N2O2/c1-3-15-33-29(11-1)13-7-17-34(33)31-25-27-32(28-26-31)47(39-21-8-14-30-12-2-4-16-35(30)39)40-22-9-18-36-43-37(19-10-24-42(43)48-44(36)40)45-46-38-20-5-6-23-41(38)49-45/h1-28H. The third-order valence-electron chi connectivity index (χ3n) is 9.50. The molecule has 0 radical (unpaired) electrons. The summed E-state index contributed by atoms with van der Waals surface area (Å²) in [6, 6.07) is 59.2. The van der Waals surface area contributed by atoms with E-state index >= 15 is 0 Å². The molecule has 49 heavy (non-hydrogen) atoms. The van der Waals surface area contributed by atoms with Gasteiger partial charge >= 0.3 is 0 Å². The molecule has 2 heterocycles. The first kappa shape index (κ1) is 27.5. The number of rotatable bonds is 5. The largest absolute Gasteiger partial charge is 0.454 e. The average molecular weight is 629 g/mol. The molecule has 0 atom stereocenters. The van der Waals surface area contributed by atoms with Gasteiger partial charge in [-0.1, -0.05) is 121 Å². The van der Waals surface area contributed by atoms with Gasteiger partial charge in [0.1, 0.15) is 11.1 Å². The number of anilines is 3. The maximum absolute atomic E-state index is 6.79. The van der Waals surface area contributed by atoms with Crippen LogP contribution in [0, 0.1) is 0 Å². The second-order valence-corrected chi connectivity index (χ2v) is 12.3. The lowest BCUT2D eigenvalue weighted by Crippen LogP contribution is -2.10. The van der Waals surface area contributed by atoms with Crippen molar-refractivity contribution in [2.75, 3.05) is 4.90 Å². The molecule has 0 N–H and O–H groups in total. The predicted octanol–water partition coefficient (Wildman–Crippen LogP) is 12.8. The van der Waals surface area contributed by atoms with E-state index < -0.39 is 0 Å². The molecule has 0 fully saturated rings. The monoisotopic (exact) mass is 628 g/mol. The van der Waals surface area contributed by atoms with Crippen molar-refractivity contribution in [3.63, 3.8) is 0 Å². The minimum absolute atomic E-state index is 0.579. The summed E-state index contributed by atoms with van der Waals surface area (Å²) >= 11 is 0. The van der Waals surface area contributed by atoms with Gasteiger partial charge in [-0.3, -0.25) is 0 Å². The van der Waals surface area contributed by atoms with E-state index in [-0.39, 0.29) is 0 Å². The van der Waals surface area contributed by atoms with Crippen molar-refractivity contribution in [3.05, 3.63) is 170 Å². The van der Waals surface area contributed by atoms with Crippen molar-refractivity contribution in [1.29, 1.82) is 0 Å². The zero-order valence-electron chi connectivity index (χ0n) is 26.4. The van der Waals surface area contributed by atoms with Crippen LogP contribution in [0.15, 0.2) is 179 Å². The quantitative estimate of drug-likeness (QED) is 0.190. The summed E-state index contributed by atoms with van der Waals surface area (Å²) in [6.07, 6.45) is 0. The zero-order chi connectivity index (χ0) is 32.3. The highest BCUT2D eigenvalue weighted by Gasteiger charge is 2.23. The Morgan fingerprint density at radius 2 is 1.04 bits per heavy atom. The SMILES string of the molecule is c1ccc2c(-c3ccc(N(c4cccc5ccccc45)c4cccc5c4oc4cccc(-c6nc7ccccc7o6)c45)cc3)cccc2c1. The summed E-state index contributed by atoms with van der Waals surface area (Å²) in [5, 5.41) is 6.79. The number of aromatic nitrogens is 1. The summed E-state index contributed by atoms with van der Waals surface area (Å²) in [5.41, 5.74) is 9.52. The Labute approximate surface area is 282 Å². The number of fused-ring (bicyclic) bond motifs is 6. The van der Waals surface area contributed by atoms with Gasteiger partial charge in [-0.15, -0.1) is 0 Å². The lowest BCUT2D eigenvalue weighted by molar-refractivity contribution is 0.620. The molecule has 10 aromatic rings. The molecular weight excluding hydrogens is 601 g/mol. The van der Waals surface area contributed by atoms with Crippen molar-refractivity contribution in [2.24, 2.45) is 0 Å². The minimum atomic E-state index is 0.579. The lowest BCUT2D eigenvalue weighted by Gasteiger charge is -2.27. The molecule has 0 aliphatic carbocycles. The molecule has 0 aliphatic heterocycles. The number of oxazole rings is 1. The molecule has 0 unspecified atom stereocenters. The van der Waals surface area contributed by atoms with Crippen LogP contribution in [0.3, 0.4) is 0 Å². The first-order chi connectivity index (χ1) is 24.3. The van der Waals surface area contributed by atoms with Gasteiger partial charge in [-0.25, -0.2) is 4.98 Å². The molecule has 0 amide bonds. The van der Waals surface area contributed by atoms with E-state index in [0.29, 0.717) is 5.89 Å². The molecule has 10 rings (SSSR count). The highest BCUT2D eigenvalue weighted by Crippen LogP contribution is 2.46. The minimum Gasteiger partial charge on any atom is -0.454 e. The van der Waals surface area contributed by atoms with Crippen LogP contribution in [0.4, 0.5) is 17.1 Å². The van der Waals surface area contributed by atoms with E-state index in [1.54, 1.807) is 0 Å². The lowest BCUT2D eigenvalue weighted by atomic mass is 9.98. The van der Waals surface area contributed by atoms with E-state index in [9.17, 15) is 0 Å². The summed E-state index contributed by atoms with van der Waals surface area (Å²) in [5.74, 6) is 0.579. The van der Waals surface area contributed by atoms with Crippen LogP contribution >= 0.6 is 0 Å². The number of benzene rings is 8. The number of para-hydroxylation sites is 3. The first-order valence-electron chi connectivity index (χ1n) is 16.5. The fourth-order valence-corrected chi connectivity index (χ4v) is 7.25. The predicted molar refractivity (Wildman–Crippen MR) is 202 cm³/mol. The highest BCUT2D eigenvalue weighted by molar-refractivity contribution is 6.16. The molecule has 2 aromatic heterocycles. The maximum Gasteiger partial charge on any atom is 0.228 e. The van der Waals surface area contributed by atoms with Crippen molar-refractivity contribution in [3.8, 4) is 22.6 Å². The van der Waals surface area contributed by atoms with Gasteiger partial charge in [-0.2, -0.15) is 0 Å². The van der Waals surface area contributed by atoms with Gasteiger partial charge in [0.15, 0.2) is 11.2 Å². The first-order valence-corrected chi connectivity index (χ1v) is 16.5. The van der Waals surface area contributed by atoms with Gasteiger partial charge < -0.3 is 13.7 Å². The molecule has 230 valence electrons. The second kappa shape index (κ2) is 11.0. The number of hydrogen-bond donors (Lipinski definition) is 0. The summed E-state index contributed by atoms with van der Waals surface area (Å²) in [6.45, 7) is 0. The Morgan fingerprint density at radius 1 is 0.429 bits per heavy atom. The van der Waals surface area contributed by atoms with E-state index in [2.05, 4.69) is 138 Å². The third kappa shape index (κ3) is 4.42. The summed E-state index contributed by atoms with van der Waals surface area (Å²) < 4.78 is 13.0. The summed E-state index contributed by atoms with van der Waals surface area (Å²) in [7, 11) is 0. The number of nitrogens with zero attached hydrogens (tertiary/aromatic N) is 2. The zero-order valence-corrected chi connectivity index (χ0v) is 26.4. The van der Waals surface area contributed by atoms with E-state index in [4.69, 9.17) is 13.8 Å². The van der Waals surface area contributed by atoms with Crippen LogP contribution in [-0.2, 0) is 0 Å². The van der Waals surface area contributed by atoms with E-state index in [1.807, 2.05) is 36.4 Å². The Hall–Kier alpha value is -6.65.